The van der Waals surface area contributed by atoms with E-state index in [2.05, 4.69) is 4.98 Å². The van der Waals surface area contributed by atoms with E-state index in [1.165, 1.54) is 12.1 Å². The second kappa shape index (κ2) is 4.23. The minimum absolute atomic E-state index is 0.225. The van der Waals surface area contributed by atoms with Crippen molar-refractivity contribution in [3.05, 3.63) is 53.5 Å². The predicted octanol–water partition coefficient (Wildman–Crippen LogP) is 3.01. The Morgan fingerprint density at radius 1 is 1.19 bits per heavy atom. The van der Waals surface area contributed by atoms with Crippen LogP contribution in [0.4, 0.5) is 4.39 Å². The molecule has 0 atom stereocenters. The van der Waals surface area contributed by atoms with Crippen molar-refractivity contribution in [1.29, 1.82) is 0 Å². The molecule has 0 radical (unpaired) electrons. The first-order chi connectivity index (χ1) is 7.72. The molecule has 0 N–H and O–H groups in total. The second-order valence-corrected chi connectivity index (χ2v) is 3.50. The van der Waals surface area contributed by atoms with Gasteiger partial charge in [-0.15, -0.1) is 0 Å². The number of halogens is 1. The van der Waals surface area contributed by atoms with Crippen molar-refractivity contribution in [2.45, 2.75) is 6.92 Å². The summed E-state index contributed by atoms with van der Waals surface area (Å²) in [5.74, 6) is -0.417. The molecule has 0 bridgehead atoms. The number of aromatic nitrogens is 1. The largest absolute Gasteiger partial charge is 0.296 e. The highest BCUT2D eigenvalue weighted by molar-refractivity contribution is 5.74. The first kappa shape index (κ1) is 10.5. The molecule has 0 fully saturated rings. The molecule has 0 aliphatic rings. The lowest BCUT2D eigenvalue weighted by molar-refractivity contribution is 0.111. The van der Waals surface area contributed by atoms with Crippen molar-refractivity contribution in [1.82, 2.24) is 4.98 Å². The van der Waals surface area contributed by atoms with Crippen LogP contribution < -0.4 is 0 Å². The number of aldehydes is 1. The van der Waals surface area contributed by atoms with Crippen LogP contribution in [-0.4, -0.2) is 11.3 Å². The first-order valence-electron chi connectivity index (χ1n) is 4.90. The van der Waals surface area contributed by atoms with Crippen LogP contribution >= 0.6 is 0 Å². The van der Waals surface area contributed by atoms with Gasteiger partial charge in [0.05, 0.1) is 0 Å². The summed E-state index contributed by atoms with van der Waals surface area (Å²) < 4.78 is 13.6. The number of hydrogen-bond donors (Lipinski definition) is 0. The Kier molecular flexibility index (Phi) is 2.77. The zero-order valence-electron chi connectivity index (χ0n) is 8.77. The van der Waals surface area contributed by atoms with Crippen molar-refractivity contribution < 1.29 is 9.18 Å². The average Bonchev–Trinajstić information content (AvgIpc) is 2.31. The lowest BCUT2D eigenvalue weighted by atomic mass is 10.0. The van der Waals surface area contributed by atoms with Gasteiger partial charge in [-0.3, -0.25) is 4.79 Å². The highest BCUT2D eigenvalue weighted by atomic mass is 19.1. The number of nitrogens with zero attached hydrogens (tertiary/aromatic N) is 1. The van der Waals surface area contributed by atoms with Gasteiger partial charge >= 0.3 is 0 Å². The minimum atomic E-state index is -0.417. The smallest absolute Gasteiger partial charge is 0.168 e. The van der Waals surface area contributed by atoms with Gasteiger partial charge in [0.25, 0.3) is 0 Å². The minimum Gasteiger partial charge on any atom is -0.296 e. The number of rotatable bonds is 2. The van der Waals surface area contributed by atoms with Crippen LogP contribution in [-0.2, 0) is 0 Å². The van der Waals surface area contributed by atoms with Gasteiger partial charge in [0.15, 0.2) is 6.29 Å². The van der Waals surface area contributed by atoms with Crippen molar-refractivity contribution in [3.63, 3.8) is 0 Å². The maximum Gasteiger partial charge on any atom is 0.168 e. The van der Waals surface area contributed by atoms with E-state index in [4.69, 9.17) is 0 Å². The summed E-state index contributed by atoms with van der Waals surface area (Å²) in [6.45, 7) is 1.88. The van der Waals surface area contributed by atoms with Crippen LogP contribution in [0.3, 0.4) is 0 Å². The van der Waals surface area contributed by atoms with Crippen LogP contribution in [0.15, 0.2) is 36.4 Å². The second-order valence-electron chi connectivity index (χ2n) is 3.50. The van der Waals surface area contributed by atoms with Crippen molar-refractivity contribution in [3.8, 4) is 11.3 Å². The molecule has 2 aromatic rings. The van der Waals surface area contributed by atoms with E-state index in [1.54, 1.807) is 6.07 Å². The molecule has 3 heteroatoms. The van der Waals surface area contributed by atoms with Crippen molar-refractivity contribution >= 4 is 6.29 Å². The summed E-state index contributed by atoms with van der Waals surface area (Å²) in [5, 5.41) is 0. The average molecular weight is 215 g/mol. The Morgan fingerprint density at radius 3 is 2.62 bits per heavy atom. The third-order valence-corrected chi connectivity index (χ3v) is 2.39. The Bertz CT molecular complexity index is 537. The summed E-state index contributed by atoms with van der Waals surface area (Å²) in [5.41, 5.74) is 2.10. The van der Waals surface area contributed by atoms with Gasteiger partial charge in [-0.2, -0.15) is 0 Å². The van der Waals surface area contributed by atoms with E-state index in [9.17, 15) is 9.18 Å². The number of aryl methyl sites for hydroxylation is 1. The van der Waals surface area contributed by atoms with E-state index in [-0.39, 0.29) is 11.4 Å². The molecule has 0 saturated heterocycles. The van der Waals surface area contributed by atoms with Gasteiger partial charge in [0, 0.05) is 5.56 Å². The Hall–Kier alpha value is -2.03. The maximum absolute atomic E-state index is 13.6. The standard InChI is InChI=1S/C13H10FNO/c1-9-4-2-3-5-11(9)13-12(14)7-6-10(8-16)15-13/h2-8H,1H3. The fraction of sp³-hybridized carbons (Fsp3) is 0.0769. The monoisotopic (exact) mass is 215 g/mol. The molecule has 16 heavy (non-hydrogen) atoms. The van der Waals surface area contributed by atoms with E-state index >= 15 is 0 Å². The Balaban J connectivity index is 2.63. The van der Waals surface area contributed by atoms with Crippen LogP contribution in [0.1, 0.15) is 16.1 Å². The van der Waals surface area contributed by atoms with Gasteiger partial charge < -0.3 is 0 Å². The lowest BCUT2D eigenvalue weighted by Gasteiger charge is -2.06. The molecule has 0 spiro atoms. The van der Waals surface area contributed by atoms with Crippen LogP contribution in [0, 0.1) is 12.7 Å². The molecule has 0 saturated carbocycles. The van der Waals surface area contributed by atoms with Gasteiger partial charge in [-0.25, -0.2) is 9.37 Å². The fourth-order valence-electron chi connectivity index (χ4n) is 1.55. The molecular formula is C13H10FNO. The molecule has 0 amide bonds. The highest BCUT2D eigenvalue weighted by Gasteiger charge is 2.09. The number of carbonyl (C=O) groups excluding carboxylic acids is 1. The Morgan fingerprint density at radius 2 is 1.94 bits per heavy atom. The zero-order chi connectivity index (χ0) is 11.5. The quantitative estimate of drug-likeness (QED) is 0.721. The third-order valence-electron chi connectivity index (χ3n) is 2.39. The molecule has 2 rings (SSSR count). The van der Waals surface area contributed by atoms with Crippen LogP contribution in [0.5, 0.6) is 0 Å². The molecule has 1 aromatic carbocycles. The van der Waals surface area contributed by atoms with Crippen LogP contribution in [0.25, 0.3) is 11.3 Å². The number of carbonyl (C=O) groups is 1. The lowest BCUT2D eigenvalue weighted by Crippen LogP contribution is -1.95. The molecule has 80 valence electrons. The fourth-order valence-corrected chi connectivity index (χ4v) is 1.55. The molecule has 1 heterocycles. The van der Waals surface area contributed by atoms with E-state index in [0.717, 1.165) is 5.56 Å². The van der Waals surface area contributed by atoms with Crippen LogP contribution in [0.2, 0.25) is 0 Å². The van der Waals surface area contributed by atoms with E-state index in [1.807, 2.05) is 25.1 Å². The van der Waals surface area contributed by atoms with Gasteiger partial charge in [0.2, 0.25) is 0 Å². The summed E-state index contributed by atoms with van der Waals surface area (Å²) >= 11 is 0. The van der Waals surface area contributed by atoms with Crippen molar-refractivity contribution in [2.75, 3.05) is 0 Å². The first-order valence-corrected chi connectivity index (χ1v) is 4.90. The Labute approximate surface area is 92.8 Å². The van der Waals surface area contributed by atoms with Gasteiger partial charge in [-0.05, 0) is 24.6 Å². The molecule has 0 aliphatic heterocycles. The number of hydrogen-bond acceptors (Lipinski definition) is 2. The highest BCUT2D eigenvalue weighted by Crippen LogP contribution is 2.23. The molecular weight excluding hydrogens is 205 g/mol. The molecule has 1 aromatic heterocycles. The van der Waals surface area contributed by atoms with Gasteiger partial charge in [0.1, 0.15) is 17.2 Å². The summed E-state index contributed by atoms with van der Waals surface area (Å²) in [6.07, 6.45) is 0.612. The number of benzene rings is 1. The SMILES string of the molecule is Cc1ccccc1-c1nc(C=O)ccc1F. The number of pyridine rings is 1. The maximum atomic E-state index is 13.6. The molecule has 0 unspecified atom stereocenters. The zero-order valence-corrected chi connectivity index (χ0v) is 8.77. The third kappa shape index (κ3) is 1.84. The van der Waals surface area contributed by atoms with Crippen molar-refractivity contribution in [2.24, 2.45) is 0 Å². The normalized spacial score (nSPS) is 10.1. The summed E-state index contributed by atoms with van der Waals surface area (Å²) in [6, 6.07) is 9.99. The van der Waals surface area contributed by atoms with Gasteiger partial charge in [-0.1, -0.05) is 24.3 Å². The predicted molar refractivity (Wildman–Crippen MR) is 59.8 cm³/mol. The summed E-state index contributed by atoms with van der Waals surface area (Å²) in [4.78, 5) is 14.6. The summed E-state index contributed by atoms with van der Waals surface area (Å²) in [7, 11) is 0. The molecule has 0 aliphatic carbocycles. The topological polar surface area (TPSA) is 30.0 Å². The van der Waals surface area contributed by atoms with E-state index in [0.29, 0.717) is 11.8 Å². The molecule has 2 nitrogen and oxygen atoms in total. The van der Waals surface area contributed by atoms with E-state index < -0.39 is 5.82 Å².